The van der Waals surface area contributed by atoms with Crippen molar-refractivity contribution in [2.45, 2.75) is 45.8 Å². The number of hydrogen-bond acceptors (Lipinski definition) is 4. The number of carbonyl (C=O) groups excluding carboxylic acids is 1. The average molecular weight is 280 g/mol. The molecule has 1 aromatic rings. The van der Waals surface area contributed by atoms with Crippen molar-refractivity contribution in [3.8, 4) is 0 Å². The highest BCUT2D eigenvalue weighted by molar-refractivity contribution is 5.89. The monoisotopic (exact) mass is 280 g/mol. The van der Waals surface area contributed by atoms with E-state index in [0.29, 0.717) is 5.69 Å². The van der Waals surface area contributed by atoms with E-state index in [1.807, 2.05) is 0 Å². The third kappa shape index (κ3) is 4.87. The molecule has 0 aromatic carbocycles. The lowest BCUT2D eigenvalue weighted by Crippen LogP contribution is -2.43. The summed E-state index contributed by atoms with van der Waals surface area (Å²) in [5.74, 6) is -0.972. The van der Waals surface area contributed by atoms with E-state index in [2.05, 4.69) is 4.98 Å². The third-order valence-corrected chi connectivity index (χ3v) is 2.44. The first-order valence-corrected chi connectivity index (χ1v) is 6.35. The van der Waals surface area contributed by atoms with Gasteiger partial charge in [0.2, 0.25) is 0 Å². The summed E-state index contributed by atoms with van der Waals surface area (Å²) >= 11 is 0. The normalized spacial score (nSPS) is 12.6. The minimum absolute atomic E-state index is 0.165. The van der Waals surface area contributed by atoms with E-state index in [4.69, 9.17) is 9.84 Å². The Labute approximate surface area is 118 Å². The van der Waals surface area contributed by atoms with Crippen LogP contribution in [0.5, 0.6) is 0 Å². The largest absolute Gasteiger partial charge is 0.481 e. The third-order valence-electron chi connectivity index (χ3n) is 2.44. The van der Waals surface area contributed by atoms with Crippen LogP contribution in [0.3, 0.4) is 0 Å². The molecule has 1 rings (SSSR count). The molecule has 0 aliphatic carbocycles. The molecular formula is C14H20N2O4. The van der Waals surface area contributed by atoms with Crippen molar-refractivity contribution in [1.82, 2.24) is 4.98 Å². The van der Waals surface area contributed by atoms with Crippen LogP contribution in [0.15, 0.2) is 24.5 Å². The topological polar surface area (TPSA) is 79.7 Å². The molecule has 0 saturated carbocycles. The molecule has 0 fully saturated rings. The van der Waals surface area contributed by atoms with Crippen molar-refractivity contribution in [3.05, 3.63) is 24.5 Å². The van der Waals surface area contributed by atoms with Crippen LogP contribution in [0.1, 0.15) is 34.1 Å². The van der Waals surface area contributed by atoms with Gasteiger partial charge in [-0.3, -0.25) is 14.7 Å². The molecule has 1 atom stereocenters. The van der Waals surface area contributed by atoms with E-state index in [1.54, 1.807) is 52.2 Å². The first-order chi connectivity index (χ1) is 9.20. The van der Waals surface area contributed by atoms with Gasteiger partial charge in [-0.1, -0.05) is 0 Å². The summed E-state index contributed by atoms with van der Waals surface area (Å²) < 4.78 is 5.33. The smallest absolute Gasteiger partial charge is 0.415 e. The summed E-state index contributed by atoms with van der Waals surface area (Å²) in [5.41, 5.74) is -0.0892. The number of ether oxygens (including phenoxy) is 1. The fourth-order valence-electron chi connectivity index (χ4n) is 1.70. The van der Waals surface area contributed by atoms with Crippen LogP contribution in [0.2, 0.25) is 0 Å². The second-order valence-corrected chi connectivity index (χ2v) is 5.50. The maximum absolute atomic E-state index is 12.3. The van der Waals surface area contributed by atoms with Gasteiger partial charge in [0.05, 0.1) is 12.1 Å². The number of pyridine rings is 1. The van der Waals surface area contributed by atoms with Gasteiger partial charge in [-0.15, -0.1) is 0 Å². The van der Waals surface area contributed by atoms with Gasteiger partial charge >= 0.3 is 12.1 Å². The standard InChI is InChI=1S/C14H20N2O4/c1-10(9-12(17)18)16(11-5-7-15-8-6-11)13(19)20-14(2,3)4/h5-8,10H,9H2,1-4H3,(H,17,18). The molecule has 0 bridgehead atoms. The van der Waals surface area contributed by atoms with Crippen LogP contribution in [0.25, 0.3) is 0 Å². The lowest BCUT2D eigenvalue weighted by atomic mass is 10.2. The van der Waals surface area contributed by atoms with Gasteiger partial charge in [-0.05, 0) is 39.8 Å². The zero-order valence-electron chi connectivity index (χ0n) is 12.2. The molecule has 1 amide bonds. The number of nitrogens with zero attached hydrogens (tertiary/aromatic N) is 2. The summed E-state index contributed by atoms with van der Waals surface area (Å²) in [5, 5.41) is 8.90. The number of amides is 1. The SMILES string of the molecule is CC(CC(=O)O)N(C(=O)OC(C)(C)C)c1ccncc1. The van der Waals surface area contributed by atoms with Crippen LogP contribution in [-0.2, 0) is 9.53 Å². The fourth-order valence-corrected chi connectivity index (χ4v) is 1.70. The number of carboxylic acids is 1. The van der Waals surface area contributed by atoms with Crippen molar-refractivity contribution < 1.29 is 19.4 Å². The number of carbonyl (C=O) groups is 2. The van der Waals surface area contributed by atoms with Gasteiger partial charge in [-0.2, -0.15) is 0 Å². The van der Waals surface area contributed by atoms with Crippen molar-refractivity contribution in [1.29, 1.82) is 0 Å². The number of anilines is 1. The maximum Gasteiger partial charge on any atom is 0.415 e. The quantitative estimate of drug-likeness (QED) is 0.917. The Morgan fingerprint density at radius 1 is 1.35 bits per heavy atom. The predicted octanol–water partition coefficient (Wildman–Crippen LogP) is 2.69. The number of aromatic nitrogens is 1. The highest BCUT2D eigenvalue weighted by Gasteiger charge is 2.28. The first kappa shape index (κ1) is 15.9. The zero-order chi connectivity index (χ0) is 15.3. The van der Waals surface area contributed by atoms with Crippen LogP contribution >= 0.6 is 0 Å². The summed E-state index contributed by atoms with van der Waals surface area (Å²) in [6, 6.07) is 2.76. The fraction of sp³-hybridized carbons (Fsp3) is 0.500. The Morgan fingerprint density at radius 3 is 2.35 bits per heavy atom. The minimum Gasteiger partial charge on any atom is -0.481 e. The lowest BCUT2D eigenvalue weighted by Gasteiger charge is -2.31. The summed E-state index contributed by atoms with van der Waals surface area (Å²) in [4.78, 5) is 28.4. The second-order valence-electron chi connectivity index (χ2n) is 5.50. The van der Waals surface area contributed by atoms with E-state index in [0.717, 1.165) is 0 Å². The van der Waals surface area contributed by atoms with Gasteiger partial charge in [0.25, 0.3) is 0 Å². The van der Waals surface area contributed by atoms with Crippen molar-refractivity contribution >= 4 is 17.7 Å². The molecule has 6 nitrogen and oxygen atoms in total. The molecule has 0 saturated heterocycles. The van der Waals surface area contributed by atoms with E-state index in [9.17, 15) is 9.59 Å². The number of hydrogen-bond donors (Lipinski definition) is 1. The molecule has 0 aliphatic heterocycles. The van der Waals surface area contributed by atoms with Gasteiger partial charge in [0, 0.05) is 18.4 Å². The van der Waals surface area contributed by atoms with E-state index >= 15 is 0 Å². The Bertz CT molecular complexity index is 468. The van der Waals surface area contributed by atoms with Gasteiger partial charge in [-0.25, -0.2) is 4.79 Å². The molecule has 1 unspecified atom stereocenters. The molecule has 20 heavy (non-hydrogen) atoms. The Morgan fingerprint density at radius 2 is 1.90 bits per heavy atom. The van der Waals surface area contributed by atoms with Crippen molar-refractivity contribution in [2.24, 2.45) is 0 Å². The number of rotatable bonds is 4. The Hall–Kier alpha value is -2.11. The molecule has 110 valence electrons. The van der Waals surface area contributed by atoms with Gasteiger partial charge in [0.1, 0.15) is 5.60 Å². The second kappa shape index (κ2) is 6.36. The first-order valence-electron chi connectivity index (χ1n) is 6.35. The lowest BCUT2D eigenvalue weighted by molar-refractivity contribution is -0.137. The van der Waals surface area contributed by atoms with E-state index in [-0.39, 0.29) is 6.42 Å². The highest BCUT2D eigenvalue weighted by atomic mass is 16.6. The average Bonchev–Trinajstić information content (AvgIpc) is 2.26. The minimum atomic E-state index is -0.972. The molecule has 6 heteroatoms. The highest BCUT2D eigenvalue weighted by Crippen LogP contribution is 2.21. The van der Waals surface area contributed by atoms with Crippen LogP contribution in [0, 0.1) is 0 Å². The van der Waals surface area contributed by atoms with Crippen LogP contribution in [0.4, 0.5) is 10.5 Å². The summed E-state index contributed by atoms with van der Waals surface area (Å²) in [7, 11) is 0. The van der Waals surface area contributed by atoms with E-state index < -0.39 is 23.7 Å². The maximum atomic E-state index is 12.3. The zero-order valence-corrected chi connectivity index (χ0v) is 12.2. The van der Waals surface area contributed by atoms with Gasteiger partial charge < -0.3 is 9.84 Å². The number of carboxylic acid groups (broad SMARTS) is 1. The Balaban J connectivity index is 3.02. The van der Waals surface area contributed by atoms with E-state index in [1.165, 1.54) is 4.90 Å². The van der Waals surface area contributed by atoms with Gasteiger partial charge in [0.15, 0.2) is 0 Å². The molecule has 1 aromatic heterocycles. The molecule has 0 radical (unpaired) electrons. The number of aliphatic carboxylic acids is 1. The molecule has 1 heterocycles. The molecule has 1 N–H and O–H groups in total. The molecular weight excluding hydrogens is 260 g/mol. The Kier molecular flexibility index (Phi) is 5.07. The summed E-state index contributed by atoms with van der Waals surface area (Å²) in [6.07, 6.45) is 2.35. The summed E-state index contributed by atoms with van der Waals surface area (Å²) in [6.45, 7) is 6.95. The van der Waals surface area contributed by atoms with Crippen LogP contribution < -0.4 is 4.90 Å². The van der Waals surface area contributed by atoms with Crippen LogP contribution in [-0.4, -0.2) is 33.8 Å². The molecule has 0 spiro atoms. The predicted molar refractivity (Wildman–Crippen MR) is 74.7 cm³/mol. The molecule has 0 aliphatic rings. The van der Waals surface area contributed by atoms with Crippen molar-refractivity contribution in [2.75, 3.05) is 4.90 Å². The van der Waals surface area contributed by atoms with Crippen molar-refractivity contribution in [3.63, 3.8) is 0 Å².